The fraction of sp³-hybridized carbons (Fsp3) is 0.667. The van der Waals surface area contributed by atoms with Crippen molar-refractivity contribution in [1.82, 2.24) is 9.88 Å². The molecule has 0 aliphatic carbocycles. The zero-order valence-corrected chi connectivity index (χ0v) is 14.5. The van der Waals surface area contributed by atoms with E-state index >= 15 is 0 Å². The smallest absolute Gasteiger partial charge is 0.319 e. The van der Waals surface area contributed by atoms with Gasteiger partial charge in [0, 0.05) is 32.2 Å². The van der Waals surface area contributed by atoms with E-state index in [4.69, 9.17) is 4.74 Å². The Morgan fingerprint density at radius 2 is 1.96 bits per heavy atom. The van der Waals surface area contributed by atoms with Crippen LogP contribution in [-0.4, -0.2) is 61.7 Å². The average Bonchev–Trinajstić information content (AvgIpc) is 2.64. The number of hydrogen-bond acceptors (Lipinski definition) is 6. The van der Waals surface area contributed by atoms with Crippen molar-refractivity contribution in [2.75, 3.05) is 50.1 Å². The molecule has 0 bridgehead atoms. The van der Waals surface area contributed by atoms with E-state index in [2.05, 4.69) is 32.2 Å². The number of ether oxygens (including phenoxy) is 1. The van der Waals surface area contributed by atoms with E-state index in [1.807, 2.05) is 6.20 Å². The van der Waals surface area contributed by atoms with Gasteiger partial charge in [-0.25, -0.2) is 4.98 Å². The summed E-state index contributed by atoms with van der Waals surface area (Å²) < 4.78 is 4.73. The molecule has 0 amide bonds. The number of aromatic nitrogens is 1. The van der Waals surface area contributed by atoms with E-state index in [-0.39, 0.29) is 5.97 Å². The van der Waals surface area contributed by atoms with Crippen molar-refractivity contribution in [2.24, 2.45) is 0 Å². The van der Waals surface area contributed by atoms with E-state index in [0.717, 1.165) is 44.8 Å². The van der Waals surface area contributed by atoms with Gasteiger partial charge in [-0.3, -0.25) is 9.69 Å². The zero-order chi connectivity index (χ0) is 16.8. The maximum atomic E-state index is 11.3. The molecule has 0 radical (unpaired) electrons. The minimum atomic E-state index is -0.156. The first-order chi connectivity index (χ1) is 11.7. The van der Waals surface area contributed by atoms with E-state index in [1.165, 1.54) is 32.1 Å². The Kier molecular flexibility index (Phi) is 5.91. The number of methoxy groups -OCH3 is 1. The third-order valence-corrected chi connectivity index (χ3v) is 4.99. The Morgan fingerprint density at radius 3 is 2.58 bits per heavy atom. The quantitative estimate of drug-likeness (QED) is 0.834. The third kappa shape index (κ3) is 4.60. The molecule has 1 aromatic heterocycles. The molecule has 2 saturated heterocycles. The summed E-state index contributed by atoms with van der Waals surface area (Å²) in [7, 11) is 1.44. The van der Waals surface area contributed by atoms with Crippen LogP contribution in [0.1, 0.15) is 32.1 Å². The predicted molar refractivity (Wildman–Crippen MR) is 95.4 cm³/mol. The summed E-state index contributed by atoms with van der Waals surface area (Å²) in [5, 5.41) is 3.53. The van der Waals surface area contributed by atoms with Crippen LogP contribution in [0, 0.1) is 0 Å². The van der Waals surface area contributed by atoms with Crippen LogP contribution >= 0.6 is 0 Å². The molecule has 6 nitrogen and oxygen atoms in total. The van der Waals surface area contributed by atoms with Crippen molar-refractivity contribution in [3.05, 3.63) is 18.3 Å². The van der Waals surface area contributed by atoms with Crippen molar-refractivity contribution in [3.8, 4) is 0 Å². The molecule has 1 N–H and O–H groups in total. The number of nitrogens with zero attached hydrogens (tertiary/aromatic N) is 3. The van der Waals surface area contributed by atoms with Gasteiger partial charge in [0.05, 0.1) is 25.5 Å². The largest absolute Gasteiger partial charge is 0.468 e. The Hall–Kier alpha value is -1.82. The molecule has 132 valence electrons. The molecule has 0 unspecified atom stereocenters. The Morgan fingerprint density at radius 1 is 1.21 bits per heavy atom. The molecule has 3 rings (SSSR count). The number of pyridine rings is 1. The third-order valence-electron chi connectivity index (χ3n) is 4.99. The molecule has 0 aromatic carbocycles. The van der Waals surface area contributed by atoms with Crippen LogP contribution in [0.3, 0.4) is 0 Å². The average molecular weight is 332 g/mol. The SMILES string of the molecule is COC(=O)CN1CCC(Nc2ccc(N3CCCCC3)cn2)CC1. The lowest BCUT2D eigenvalue weighted by Gasteiger charge is -2.32. The van der Waals surface area contributed by atoms with Gasteiger partial charge in [-0.15, -0.1) is 0 Å². The van der Waals surface area contributed by atoms with Gasteiger partial charge in [-0.2, -0.15) is 0 Å². The van der Waals surface area contributed by atoms with E-state index in [9.17, 15) is 4.79 Å². The highest BCUT2D eigenvalue weighted by Gasteiger charge is 2.21. The number of carbonyl (C=O) groups is 1. The van der Waals surface area contributed by atoms with Gasteiger partial charge >= 0.3 is 5.97 Å². The molecule has 6 heteroatoms. The number of nitrogens with one attached hydrogen (secondary N) is 1. The van der Waals surface area contributed by atoms with Gasteiger partial charge in [-0.1, -0.05) is 0 Å². The Balaban J connectivity index is 1.46. The van der Waals surface area contributed by atoms with Crippen LogP contribution in [0.4, 0.5) is 11.5 Å². The summed E-state index contributed by atoms with van der Waals surface area (Å²) in [5.41, 5.74) is 1.23. The number of anilines is 2. The van der Waals surface area contributed by atoms with Gasteiger partial charge in [-0.05, 0) is 44.2 Å². The zero-order valence-electron chi connectivity index (χ0n) is 14.5. The molecule has 0 atom stereocenters. The minimum Gasteiger partial charge on any atom is -0.468 e. The topological polar surface area (TPSA) is 57.7 Å². The molecular weight excluding hydrogens is 304 g/mol. The molecular formula is C18H28N4O2. The highest BCUT2D eigenvalue weighted by Crippen LogP contribution is 2.21. The number of hydrogen-bond donors (Lipinski definition) is 1. The van der Waals surface area contributed by atoms with Crippen molar-refractivity contribution in [1.29, 1.82) is 0 Å². The van der Waals surface area contributed by atoms with E-state index in [0.29, 0.717) is 12.6 Å². The summed E-state index contributed by atoms with van der Waals surface area (Å²) in [5.74, 6) is 0.790. The summed E-state index contributed by atoms with van der Waals surface area (Å²) in [4.78, 5) is 20.5. The van der Waals surface area contributed by atoms with Gasteiger partial charge in [0.2, 0.25) is 0 Å². The molecule has 24 heavy (non-hydrogen) atoms. The maximum Gasteiger partial charge on any atom is 0.319 e. The van der Waals surface area contributed by atoms with Crippen molar-refractivity contribution in [3.63, 3.8) is 0 Å². The molecule has 0 saturated carbocycles. The predicted octanol–water partition coefficient (Wildman–Crippen LogP) is 2.12. The molecule has 2 aliphatic heterocycles. The van der Waals surface area contributed by atoms with Crippen LogP contribution in [0.25, 0.3) is 0 Å². The summed E-state index contributed by atoms with van der Waals surface area (Å²) >= 11 is 0. The highest BCUT2D eigenvalue weighted by molar-refractivity contribution is 5.71. The fourth-order valence-corrected chi connectivity index (χ4v) is 3.50. The Bertz CT molecular complexity index is 520. The van der Waals surface area contributed by atoms with Gasteiger partial charge in [0.25, 0.3) is 0 Å². The second-order valence-corrected chi connectivity index (χ2v) is 6.72. The first-order valence-corrected chi connectivity index (χ1v) is 9.01. The van der Waals surface area contributed by atoms with Crippen LogP contribution in [-0.2, 0) is 9.53 Å². The lowest BCUT2D eigenvalue weighted by atomic mass is 10.1. The highest BCUT2D eigenvalue weighted by atomic mass is 16.5. The van der Waals surface area contributed by atoms with Gasteiger partial charge in [0.1, 0.15) is 5.82 Å². The molecule has 2 aliphatic rings. The molecule has 0 spiro atoms. The van der Waals surface area contributed by atoms with Crippen molar-refractivity contribution in [2.45, 2.75) is 38.1 Å². The summed E-state index contributed by atoms with van der Waals surface area (Å²) in [6, 6.07) is 4.69. The van der Waals surface area contributed by atoms with Crippen LogP contribution in [0.5, 0.6) is 0 Å². The fourth-order valence-electron chi connectivity index (χ4n) is 3.50. The van der Waals surface area contributed by atoms with Gasteiger partial charge < -0.3 is 15.0 Å². The lowest BCUT2D eigenvalue weighted by molar-refractivity contribution is -0.142. The lowest BCUT2D eigenvalue weighted by Crippen LogP contribution is -2.41. The number of piperidine rings is 2. The van der Waals surface area contributed by atoms with Crippen molar-refractivity contribution >= 4 is 17.5 Å². The van der Waals surface area contributed by atoms with Crippen molar-refractivity contribution < 1.29 is 9.53 Å². The van der Waals surface area contributed by atoms with Crippen LogP contribution in [0.2, 0.25) is 0 Å². The number of likely N-dealkylation sites (tertiary alicyclic amines) is 1. The normalized spacial score (nSPS) is 20.0. The number of esters is 1. The van der Waals surface area contributed by atoms with E-state index in [1.54, 1.807) is 0 Å². The monoisotopic (exact) mass is 332 g/mol. The molecule has 3 heterocycles. The summed E-state index contributed by atoms with van der Waals surface area (Å²) in [6.07, 6.45) is 7.94. The number of rotatable bonds is 5. The minimum absolute atomic E-state index is 0.156. The Labute approximate surface area is 144 Å². The van der Waals surface area contributed by atoms with E-state index < -0.39 is 0 Å². The second kappa shape index (κ2) is 8.33. The molecule has 1 aromatic rings. The van der Waals surface area contributed by atoms with Crippen LogP contribution < -0.4 is 10.2 Å². The maximum absolute atomic E-state index is 11.3. The number of carbonyl (C=O) groups excluding carboxylic acids is 1. The van der Waals surface area contributed by atoms with Gasteiger partial charge in [0.15, 0.2) is 0 Å². The van der Waals surface area contributed by atoms with Crippen LogP contribution in [0.15, 0.2) is 18.3 Å². The molecule has 2 fully saturated rings. The standard InChI is InChI=1S/C18H28N4O2/c1-24-18(23)14-21-11-7-15(8-12-21)20-17-6-5-16(13-19-17)22-9-3-2-4-10-22/h5-6,13,15H,2-4,7-12,14H2,1H3,(H,19,20). The summed E-state index contributed by atoms with van der Waals surface area (Å²) in [6.45, 7) is 4.52. The first kappa shape index (κ1) is 17.0. The second-order valence-electron chi connectivity index (χ2n) is 6.72. The first-order valence-electron chi connectivity index (χ1n) is 9.01.